The van der Waals surface area contributed by atoms with Crippen LogP contribution in [0.1, 0.15) is 207 Å². The molecule has 1 unspecified atom stereocenters. The first-order valence-corrected chi connectivity index (χ1v) is 24.9. The van der Waals surface area contributed by atoms with Gasteiger partial charge in [-0.1, -0.05) is 194 Å². The van der Waals surface area contributed by atoms with Crippen LogP contribution in [0.4, 0.5) is 0 Å². The number of rotatable bonds is 43. The highest BCUT2D eigenvalue weighted by molar-refractivity contribution is 5.71. The highest BCUT2D eigenvalue weighted by atomic mass is 16.6. The minimum atomic E-state index is -0.802. The van der Waals surface area contributed by atoms with E-state index in [1.165, 1.54) is 32.1 Å². The number of unbranched alkanes of at least 4 members (excludes halogenated alkanes) is 14. The van der Waals surface area contributed by atoms with E-state index in [-0.39, 0.29) is 37.5 Å². The monoisotopic (exact) mass is 859 g/mol. The van der Waals surface area contributed by atoms with Crippen molar-refractivity contribution >= 4 is 17.9 Å². The summed E-state index contributed by atoms with van der Waals surface area (Å²) in [5, 5.41) is 0. The third-order valence-electron chi connectivity index (χ3n) is 10.0. The van der Waals surface area contributed by atoms with Crippen LogP contribution in [0.5, 0.6) is 0 Å². The molecule has 350 valence electrons. The third-order valence-corrected chi connectivity index (χ3v) is 10.0. The van der Waals surface area contributed by atoms with Crippen molar-refractivity contribution in [3.63, 3.8) is 0 Å². The number of esters is 3. The summed E-state index contributed by atoms with van der Waals surface area (Å²) >= 11 is 0. The van der Waals surface area contributed by atoms with Crippen LogP contribution >= 0.6 is 0 Å². The van der Waals surface area contributed by atoms with Gasteiger partial charge >= 0.3 is 17.9 Å². The minimum absolute atomic E-state index is 0.0996. The van der Waals surface area contributed by atoms with Crippen molar-refractivity contribution in [3.05, 3.63) is 109 Å². The fourth-order valence-electron chi connectivity index (χ4n) is 6.34. The largest absolute Gasteiger partial charge is 0.462 e. The van der Waals surface area contributed by atoms with Crippen molar-refractivity contribution in [1.29, 1.82) is 0 Å². The molecule has 0 aliphatic rings. The van der Waals surface area contributed by atoms with Gasteiger partial charge in [0.1, 0.15) is 13.2 Å². The van der Waals surface area contributed by atoms with Gasteiger partial charge in [0.05, 0.1) is 0 Å². The predicted molar refractivity (Wildman–Crippen MR) is 265 cm³/mol. The lowest BCUT2D eigenvalue weighted by atomic mass is 10.1. The van der Waals surface area contributed by atoms with Crippen LogP contribution in [-0.2, 0) is 28.6 Å². The Labute approximate surface area is 380 Å². The zero-order chi connectivity index (χ0) is 45.1. The molecule has 0 aliphatic heterocycles. The van der Waals surface area contributed by atoms with Crippen LogP contribution in [0.15, 0.2) is 109 Å². The molecular formula is C56H90O6. The Kier molecular flexibility index (Phi) is 46.6. The second-order valence-corrected chi connectivity index (χ2v) is 16.0. The van der Waals surface area contributed by atoms with E-state index in [1.807, 2.05) is 0 Å². The SMILES string of the molecule is CC/C=C\C/C=C\C/C=C\C/C=C\C/C=C\C/C=C\CCCCCCC(=O)OCC(COC(=O)CCCCCCCCCC)OC(=O)CCCCC/C=C\C/C=C\C/C=C\CC. The van der Waals surface area contributed by atoms with Crippen molar-refractivity contribution in [1.82, 2.24) is 0 Å². The Balaban J connectivity index is 4.37. The lowest BCUT2D eigenvalue weighted by molar-refractivity contribution is -0.167. The molecule has 1 atom stereocenters. The average molecular weight is 859 g/mol. The van der Waals surface area contributed by atoms with Gasteiger partial charge in [-0.3, -0.25) is 14.4 Å². The summed E-state index contributed by atoms with van der Waals surface area (Å²) in [5.74, 6) is -0.968. The smallest absolute Gasteiger partial charge is 0.306 e. The van der Waals surface area contributed by atoms with Gasteiger partial charge in [-0.25, -0.2) is 0 Å². The number of ether oxygens (including phenoxy) is 3. The third kappa shape index (κ3) is 47.1. The van der Waals surface area contributed by atoms with Gasteiger partial charge < -0.3 is 14.2 Å². The molecule has 0 rings (SSSR count). The summed E-state index contributed by atoms with van der Waals surface area (Å²) in [4.78, 5) is 37.8. The molecule has 0 fully saturated rings. The summed E-state index contributed by atoms with van der Waals surface area (Å²) in [6.07, 6.45) is 66.6. The van der Waals surface area contributed by atoms with E-state index < -0.39 is 6.10 Å². The summed E-state index contributed by atoms with van der Waals surface area (Å²) in [6.45, 7) is 6.31. The van der Waals surface area contributed by atoms with Crippen molar-refractivity contribution in [2.45, 2.75) is 213 Å². The van der Waals surface area contributed by atoms with Crippen molar-refractivity contribution in [2.24, 2.45) is 0 Å². The molecule has 0 saturated carbocycles. The Morgan fingerprint density at radius 1 is 0.339 bits per heavy atom. The lowest BCUT2D eigenvalue weighted by Gasteiger charge is -2.18. The zero-order valence-corrected chi connectivity index (χ0v) is 39.8. The Morgan fingerprint density at radius 3 is 1.00 bits per heavy atom. The van der Waals surface area contributed by atoms with Crippen molar-refractivity contribution in [2.75, 3.05) is 13.2 Å². The first kappa shape index (κ1) is 58.1. The van der Waals surface area contributed by atoms with Crippen molar-refractivity contribution in [3.8, 4) is 0 Å². The summed E-state index contributed by atoms with van der Waals surface area (Å²) in [7, 11) is 0. The fourth-order valence-corrected chi connectivity index (χ4v) is 6.34. The van der Waals surface area contributed by atoms with Gasteiger partial charge in [0.25, 0.3) is 0 Å². The van der Waals surface area contributed by atoms with E-state index in [4.69, 9.17) is 14.2 Å². The maximum absolute atomic E-state index is 12.7. The van der Waals surface area contributed by atoms with Crippen LogP contribution in [0.2, 0.25) is 0 Å². The van der Waals surface area contributed by atoms with E-state index in [0.717, 1.165) is 135 Å². The summed E-state index contributed by atoms with van der Waals surface area (Å²) < 4.78 is 16.7. The second-order valence-electron chi connectivity index (χ2n) is 16.0. The molecule has 0 amide bonds. The maximum atomic E-state index is 12.7. The predicted octanol–water partition coefficient (Wildman–Crippen LogP) is 16.4. The van der Waals surface area contributed by atoms with Crippen LogP contribution < -0.4 is 0 Å². The molecule has 0 N–H and O–H groups in total. The molecule has 0 aromatic heterocycles. The first-order chi connectivity index (χ1) is 30.5. The van der Waals surface area contributed by atoms with Gasteiger partial charge in [0.15, 0.2) is 6.10 Å². The highest BCUT2D eigenvalue weighted by Crippen LogP contribution is 2.12. The molecule has 0 aromatic rings. The van der Waals surface area contributed by atoms with Crippen LogP contribution in [0.25, 0.3) is 0 Å². The van der Waals surface area contributed by atoms with Gasteiger partial charge in [-0.15, -0.1) is 0 Å². The molecule has 0 heterocycles. The highest BCUT2D eigenvalue weighted by Gasteiger charge is 2.19. The Hall–Kier alpha value is -3.93. The molecule has 62 heavy (non-hydrogen) atoms. The molecular weight excluding hydrogens is 769 g/mol. The van der Waals surface area contributed by atoms with Gasteiger partial charge in [-0.05, 0) is 103 Å². The topological polar surface area (TPSA) is 78.9 Å². The molecule has 6 heteroatoms. The van der Waals surface area contributed by atoms with E-state index in [0.29, 0.717) is 12.8 Å². The quantitative estimate of drug-likeness (QED) is 0.0263. The molecule has 0 aliphatic carbocycles. The first-order valence-electron chi connectivity index (χ1n) is 24.9. The number of allylic oxidation sites excluding steroid dienone is 18. The van der Waals surface area contributed by atoms with Crippen molar-refractivity contribution < 1.29 is 28.6 Å². The number of hydrogen-bond acceptors (Lipinski definition) is 6. The fraction of sp³-hybridized carbons (Fsp3) is 0.625. The average Bonchev–Trinajstić information content (AvgIpc) is 3.27. The number of hydrogen-bond donors (Lipinski definition) is 0. The number of carbonyl (C=O) groups is 3. The van der Waals surface area contributed by atoms with Gasteiger partial charge in [0.2, 0.25) is 0 Å². The molecule has 6 nitrogen and oxygen atoms in total. The summed E-state index contributed by atoms with van der Waals surface area (Å²) in [5.41, 5.74) is 0. The molecule has 0 aromatic carbocycles. The van der Waals surface area contributed by atoms with E-state index in [2.05, 4.69) is 130 Å². The van der Waals surface area contributed by atoms with Gasteiger partial charge in [0, 0.05) is 19.3 Å². The normalized spacial score (nSPS) is 13.0. The molecule has 0 spiro atoms. The van der Waals surface area contributed by atoms with Crippen LogP contribution in [-0.4, -0.2) is 37.2 Å². The Morgan fingerprint density at radius 2 is 0.629 bits per heavy atom. The molecule has 0 saturated heterocycles. The Bertz CT molecular complexity index is 1310. The summed E-state index contributed by atoms with van der Waals surface area (Å²) in [6, 6.07) is 0. The molecule has 0 radical (unpaired) electrons. The minimum Gasteiger partial charge on any atom is -0.462 e. The van der Waals surface area contributed by atoms with Gasteiger partial charge in [-0.2, -0.15) is 0 Å². The zero-order valence-electron chi connectivity index (χ0n) is 39.8. The second kappa shape index (κ2) is 49.7. The number of carbonyl (C=O) groups excluding carboxylic acids is 3. The van der Waals surface area contributed by atoms with Crippen LogP contribution in [0.3, 0.4) is 0 Å². The lowest BCUT2D eigenvalue weighted by Crippen LogP contribution is -2.30. The maximum Gasteiger partial charge on any atom is 0.306 e. The van der Waals surface area contributed by atoms with Crippen LogP contribution in [0, 0.1) is 0 Å². The molecule has 0 bridgehead atoms. The van der Waals surface area contributed by atoms with E-state index in [1.54, 1.807) is 0 Å². The standard InChI is InChI=1S/C56H90O6/c1-4-7-10-13-16-19-21-23-24-25-26-27-28-29-30-31-32-34-35-37-40-43-46-49-55(58)61-52-53(51-60-54(57)48-45-42-39-18-15-12-9-6-3)62-56(59)50-47-44-41-38-36-33-22-20-17-14-11-8-5-2/h7-8,10-11,16-17,19-20,23-24,26-27,29-30,32-34,36,53H,4-6,9,12-15,18,21-22,25,28,31,35,37-52H2,1-3H3/b10-7-,11-8-,19-16-,20-17-,24-23-,27-26-,30-29-,34-32-,36-33-. The van der Waals surface area contributed by atoms with E-state index in [9.17, 15) is 14.4 Å². The van der Waals surface area contributed by atoms with E-state index >= 15 is 0 Å².